The van der Waals surface area contributed by atoms with Gasteiger partial charge in [-0.15, -0.1) is 0 Å². The molecule has 0 radical (unpaired) electrons. The van der Waals surface area contributed by atoms with Gasteiger partial charge < -0.3 is 5.11 Å². The summed E-state index contributed by atoms with van der Waals surface area (Å²) in [5.41, 5.74) is 3.04. The number of carboxylic acids is 1. The molecule has 1 rings (SSSR count). The zero-order valence-electron chi connectivity index (χ0n) is 9.55. The minimum absolute atomic E-state index is 0.211. The van der Waals surface area contributed by atoms with Crippen LogP contribution in [0.25, 0.3) is 0 Å². The van der Waals surface area contributed by atoms with Crippen molar-refractivity contribution < 1.29 is 19.5 Å². The zero-order valence-corrected chi connectivity index (χ0v) is 9.55. The molecule has 5 nitrogen and oxygen atoms in total. The van der Waals surface area contributed by atoms with E-state index in [-0.39, 0.29) is 13.0 Å². The summed E-state index contributed by atoms with van der Waals surface area (Å²) >= 11 is 0. The molecule has 0 aliphatic rings. The van der Waals surface area contributed by atoms with Crippen molar-refractivity contribution in [3.05, 3.63) is 35.9 Å². The Morgan fingerprint density at radius 1 is 1.35 bits per heavy atom. The van der Waals surface area contributed by atoms with Crippen LogP contribution < -0.4 is 5.48 Å². The Hall–Kier alpha value is -1.88. The molecule has 17 heavy (non-hydrogen) atoms. The number of benzene rings is 1. The second-order valence-corrected chi connectivity index (χ2v) is 3.54. The molecule has 0 aliphatic heterocycles. The maximum absolute atomic E-state index is 11.4. The number of carbonyl (C=O) groups excluding carboxylic acids is 1. The number of carboxylic acid groups (broad SMARTS) is 1. The predicted molar refractivity (Wildman–Crippen MR) is 60.8 cm³/mol. The molecule has 0 spiro atoms. The van der Waals surface area contributed by atoms with Crippen LogP contribution in [0.15, 0.2) is 30.3 Å². The van der Waals surface area contributed by atoms with Gasteiger partial charge in [0, 0.05) is 0 Å². The maximum atomic E-state index is 11.4. The fourth-order valence-electron chi connectivity index (χ4n) is 1.31. The minimum atomic E-state index is -1.15. The first-order valence-electron chi connectivity index (χ1n) is 5.33. The molecule has 0 saturated carbocycles. The van der Waals surface area contributed by atoms with Crippen LogP contribution in [0.2, 0.25) is 0 Å². The lowest BCUT2D eigenvalue weighted by molar-refractivity contribution is -0.152. The van der Waals surface area contributed by atoms with E-state index in [0.29, 0.717) is 0 Å². The summed E-state index contributed by atoms with van der Waals surface area (Å²) in [4.78, 5) is 27.0. The van der Waals surface area contributed by atoms with E-state index in [0.717, 1.165) is 5.56 Å². The van der Waals surface area contributed by atoms with Crippen molar-refractivity contribution in [3.8, 4) is 0 Å². The van der Waals surface area contributed by atoms with Gasteiger partial charge >= 0.3 is 5.97 Å². The van der Waals surface area contributed by atoms with Crippen LogP contribution in [-0.2, 0) is 21.0 Å². The fourth-order valence-corrected chi connectivity index (χ4v) is 1.31. The van der Waals surface area contributed by atoms with Gasteiger partial charge in [-0.05, 0) is 12.0 Å². The van der Waals surface area contributed by atoms with Crippen LogP contribution in [-0.4, -0.2) is 17.0 Å². The number of nitrogens with one attached hydrogen (secondary N) is 1. The lowest BCUT2D eigenvalue weighted by Crippen LogP contribution is -2.34. The molecule has 1 aromatic rings. The average Bonchev–Trinajstić information content (AvgIpc) is 2.30. The number of aliphatic carboxylic acids is 1. The highest BCUT2D eigenvalue weighted by Crippen LogP contribution is 2.03. The number of hydroxylamine groups is 1. The van der Waals surface area contributed by atoms with Crippen molar-refractivity contribution in [3.63, 3.8) is 0 Å². The normalized spacial score (nSPS) is 11.8. The Bertz CT molecular complexity index is 377. The standard InChI is InChI=1S/C12H15NO4/c1-2-10(12(15)16)11(14)13-17-8-9-6-4-3-5-7-9/h3-7,10H,2,8H2,1H3,(H,13,14)(H,15,16). The van der Waals surface area contributed by atoms with E-state index in [2.05, 4.69) is 5.48 Å². The molecule has 0 aliphatic carbocycles. The summed E-state index contributed by atoms with van der Waals surface area (Å²) in [6.07, 6.45) is 0.232. The van der Waals surface area contributed by atoms with E-state index >= 15 is 0 Å². The van der Waals surface area contributed by atoms with Crippen molar-refractivity contribution in [2.45, 2.75) is 20.0 Å². The van der Waals surface area contributed by atoms with Crippen LogP contribution in [0.5, 0.6) is 0 Å². The van der Waals surface area contributed by atoms with Crippen LogP contribution in [0.1, 0.15) is 18.9 Å². The van der Waals surface area contributed by atoms with Crippen molar-refractivity contribution >= 4 is 11.9 Å². The van der Waals surface area contributed by atoms with Gasteiger partial charge in [-0.25, -0.2) is 5.48 Å². The lowest BCUT2D eigenvalue weighted by Gasteiger charge is -2.10. The number of rotatable bonds is 6. The molecule has 0 heterocycles. The molecule has 0 saturated heterocycles. The molecular formula is C12H15NO4. The monoisotopic (exact) mass is 237 g/mol. The highest BCUT2D eigenvalue weighted by atomic mass is 16.6. The topological polar surface area (TPSA) is 75.6 Å². The Morgan fingerprint density at radius 2 is 2.00 bits per heavy atom. The van der Waals surface area contributed by atoms with Gasteiger partial charge in [0.2, 0.25) is 0 Å². The summed E-state index contributed by atoms with van der Waals surface area (Å²) in [6, 6.07) is 9.28. The molecule has 0 fully saturated rings. The molecule has 1 aromatic carbocycles. The first kappa shape index (κ1) is 13.2. The lowest BCUT2D eigenvalue weighted by atomic mass is 10.1. The molecule has 5 heteroatoms. The molecule has 1 amide bonds. The third-order valence-electron chi connectivity index (χ3n) is 2.28. The summed E-state index contributed by atoms with van der Waals surface area (Å²) in [7, 11) is 0. The molecule has 0 aromatic heterocycles. The van der Waals surface area contributed by atoms with Gasteiger partial charge in [0.05, 0.1) is 6.61 Å². The van der Waals surface area contributed by atoms with Gasteiger partial charge in [0.1, 0.15) is 5.92 Å². The van der Waals surface area contributed by atoms with Crippen molar-refractivity contribution in [2.24, 2.45) is 5.92 Å². The van der Waals surface area contributed by atoms with Gasteiger partial charge in [0.25, 0.3) is 5.91 Å². The fraction of sp³-hybridized carbons (Fsp3) is 0.333. The predicted octanol–water partition coefficient (Wildman–Crippen LogP) is 1.35. The Balaban J connectivity index is 2.36. The van der Waals surface area contributed by atoms with Crippen molar-refractivity contribution in [1.82, 2.24) is 5.48 Å². The van der Waals surface area contributed by atoms with Crippen molar-refractivity contribution in [2.75, 3.05) is 0 Å². The molecule has 0 bridgehead atoms. The largest absolute Gasteiger partial charge is 0.481 e. The van der Waals surface area contributed by atoms with Gasteiger partial charge in [-0.3, -0.25) is 14.4 Å². The van der Waals surface area contributed by atoms with Crippen LogP contribution in [0.3, 0.4) is 0 Å². The number of carbonyl (C=O) groups is 2. The third-order valence-corrected chi connectivity index (χ3v) is 2.28. The average molecular weight is 237 g/mol. The minimum Gasteiger partial charge on any atom is -0.481 e. The van der Waals surface area contributed by atoms with E-state index in [1.807, 2.05) is 30.3 Å². The molecular weight excluding hydrogens is 222 g/mol. The van der Waals surface area contributed by atoms with Gasteiger partial charge in [-0.2, -0.15) is 0 Å². The molecule has 2 N–H and O–H groups in total. The number of amides is 1. The van der Waals surface area contributed by atoms with Gasteiger partial charge in [-0.1, -0.05) is 37.3 Å². The molecule has 1 unspecified atom stereocenters. The summed E-state index contributed by atoms with van der Waals surface area (Å²) < 4.78 is 0. The van der Waals surface area contributed by atoms with Gasteiger partial charge in [0.15, 0.2) is 0 Å². The number of hydrogen-bond donors (Lipinski definition) is 2. The van der Waals surface area contributed by atoms with E-state index < -0.39 is 17.8 Å². The highest BCUT2D eigenvalue weighted by Gasteiger charge is 2.23. The second kappa shape index (κ2) is 6.65. The third kappa shape index (κ3) is 4.24. The first-order valence-corrected chi connectivity index (χ1v) is 5.33. The van der Waals surface area contributed by atoms with E-state index in [1.54, 1.807) is 6.92 Å². The van der Waals surface area contributed by atoms with E-state index in [4.69, 9.17) is 9.94 Å². The van der Waals surface area contributed by atoms with Crippen LogP contribution in [0, 0.1) is 5.92 Å². The smallest absolute Gasteiger partial charge is 0.316 e. The zero-order chi connectivity index (χ0) is 12.7. The Kier molecular flexibility index (Phi) is 5.16. The quantitative estimate of drug-likeness (QED) is 0.578. The molecule has 1 atom stereocenters. The molecule has 92 valence electrons. The first-order chi connectivity index (χ1) is 8.15. The summed E-state index contributed by atoms with van der Waals surface area (Å²) in [5, 5.41) is 8.74. The summed E-state index contributed by atoms with van der Waals surface area (Å²) in [5.74, 6) is -2.84. The Morgan fingerprint density at radius 3 is 2.53 bits per heavy atom. The van der Waals surface area contributed by atoms with Crippen LogP contribution in [0.4, 0.5) is 0 Å². The Labute approximate surface area is 99.4 Å². The van der Waals surface area contributed by atoms with Crippen LogP contribution >= 0.6 is 0 Å². The summed E-state index contributed by atoms with van der Waals surface area (Å²) in [6.45, 7) is 1.85. The van der Waals surface area contributed by atoms with E-state index in [1.165, 1.54) is 0 Å². The second-order valence-electron chi connectivity index (χ2n) is 3.54. The van der Waals surface area contributed by atoms with E-state index in [9.17, 15) is 9.59 Å². The SMILES string of the molecule is CCC(C(=O)O)C(=O)NOCc1ccccc1. The maximum Gasteiger partial charge on any atom is 0.316 e. The number of hydrogen-bond acceptors (Lipinski definition) is 3. The van der Waals surface area contributed by atoms with Crippen molar-refractivity contribution in [1.29, 1.82) is 0 Å². The highest BCUT2D eigenvalue weighted by molar-refractivity contribution is 5.96.